The standard InChI is InChI=1S/C11H22BrNO/c1-10(2)11(8-12)9-13-4-3-6-14-7-5-13/h10-11H,3-9H2,1-2H3. The van der Waals surface area contributed by atoms with Gasteiger partial charge in [0.15, 0.2) is 0 Å². The molecule has 0 bridgehead atoms. The molecule has 1 saturated heterocycles. The zero-order valence-corrected chi connectivity index (χ0v) is 10.9. The Morgan fingerprint density at radius 3 is 2.71 bits per heavy atom. The minimum absolute atomic E-state index is 0.763. The van der Waals surface area contributed by atoms with Crippen LogP contribution in [-0.2, 0) is 4.74 Å². The fourth-order valence-electron chi connectivity index (χ4n) is 1.75. The van der Waals surface area contributed by atoms with Gasteiger partial charge in [0.05, 0.1) is 6.61 Å². The molecule has 0 N–H and O–H groups in total. The minimum Gasteiger partial charge on any atom is -0.380 e. The van der Waals surface area contributed by atoms with Crippen LogP contribution in [0.25, 0.3) is 0 Å². The van der Waals surface area contributed by atoms with Gasteiger partial charge >= 0.3 is 0 Å². The lowest BCUT2D eigenvalue weighted by molar-refractivity contribution is 0.137. The predicted octanol–water partition coefficient (Wildman–Crippen LogP) is 2.38. The van der Waals surface area contributed by atoms with Crippen molar-refractivity contribution in [2.75, 3.05) is 38.2 Å². The molecule has 0 aromatic rings. The fraction of sp³-hybridized carbons (Fsp3) is 1.00. The van der Waals surface area contributed by atoms with Crippen LogP contribution in [0.4, 0.5) is 0 Å². The van der Waals surface area contributed by atoms with Gasteiger partial charge < -0.3 is 9.64 Å². The molecule has 1 aliphatic heterocycles. The summed E-state index contributed by atoms with van der Waals surface area (Å²) >= 11 is 3.60. The van der Waals surface area contributed by atoms with Crippen molar-refractivity contribution in [3.8, 4) is 0 Å². The minimum atomic E-state index is 0.763. The molecule has 0 saturated carbocycles. The summed E-state index contributed by atoms with van der Waals surface area (Å²) in [6, 6.07) is 0. The molecule has 0 aromatic heterocycles. The molecule has 1 rings (SSSR count). The Hall–Kier alpha value is 0.400. The number of rotatable bonds is 4. The Kier molecular flexibility index (Phi) is 6.06. The summed E-state index contributed by atoms with van der Waals surface area (Å²) in [5, 5.41) is 1.11. The molecule has 14 heavy (non-hydrogen) atoms. The zero-order valence-electron chi connectivity index (χ0n) is 9.34. The van der Waals surface area contributed by atoms with Gasteiger partial charge in [0.1, 0.15) is 0 Å². The normalized spacial score (nSPS) is 22.3. The molecule has 3 heteroatoms. The lowest BCUT2D eigenvalue weighted by atomic mass is 9.97. The zero-order chi connectivity index (χ0) is 10.4. The number of hydrogen-bond acceptors (Lipinski definition) is 2. The second kappa shape index (κ2) is 6.81. The van der Waals surface area contributed by atoms with Gasteiger partial charge in [-0.3, -0.25) is 0 Å². The van der Waals surface area contributed by atoms with E-state index in [0.29, 0.717) is 0 Å². The van der Waals surface area contributed by atoms with E-state index in [1.165, 1.54) is 19.5 Å². The highest BCUT2D eigenvalue weighted by Crippen LogP contribution is 2.16. The molecule has 0 aromatic carbocycles. The molecule has 0 aliphatic carbocycles. The highest BCUT2D eigenvalue weighted by atomic mass is 79.9. The first-order valence-electron chi connectivity index (χ1n) is 5.60. The van der Waals surface area contributed by atoms with Gasteiger partial charge in [-0.05, 0) is 18.3 Å². The molecular weight excluding hydrogens is 242 g/mol. The Balaban J connectivity index is 2.32. The van der Waals surface area contributed by atoms with Crippen LogP contribution in [0.2, 0.25) is 0 Å². The highest BCUT2D eigenvalue weighted by Gasteiger charge is 2.17. The molecule has 1 fully saturated rings. The van der Waals surface area contributed by atoms with Crippen LogP contribution < -0.4 is 0 Å². The van der Waals surface area contributed by atoms with Gasteiger partial charge in [-0.25, -0.2) is 0 Å². The predicted molar refractivity (Wildman–Crippen MR) is 64.0 cm³/mol. The maximum absolute atomic E-state index is 5.45. The van der Waals surface area contributed by atoms with Gasteiger partial charge in [-0.1, -0.05) is 29.8 Å². The Morgan fingerprint density at radius 2 is 2.07 bits per heavy atom. The Bertz CT molecular complexity index is 144. The fourth-order valence-corrected chi connectivity index (χ4v) is 2.70. The number of hydrogen-bond donors (Lipinski definition) is 0. The topological polar surface area (TPSA) is 12.5 Å². The van der Waals surface area contributed by atoms with E-state index >= 15 is 0 Å². The maximum Gasteiger partial charge on any atom is 0.0593 e. The summed E-state index contributed by atoms with van der Waals surface area (Å²) in [7, 11) is 0. The van der Waals surface area contributed by atoms with Crippen LogP contribution in [0.5, 0.6) is 0 Å². The van der Waals surface area contributed by atoms with Crippen molar-refractivity contribution in [3.63, 3.8) is 0 Å². The molecule has 1 heterocycles. The lowest BCUT2D eigenvalue weighted by Gasteiger charge is -2.26. The Morgan fingerprint density at radius 1 is 1.29 bits per heavy atom. The van der Waals surface area contributed by atoms with Crippen molar-refractivity contribution in [1.29, 1.82) is 0 Å². The van der Waals surface area contributed by atoms with E-state index < -0.39 is 0 Å². The molecule has 1 aliphatic rings. The number of ether oxygens (including phenoxy) is 1. The van der Waals surface area contributed by atoms with Gasteiger partial charge in [0.25, 0.3) is 0 Å². The van der Waals surface area contributed by atoms with E-state index in [2.05, 4.69) is 34.7 Å². The van der Waals surface area contributed by atoms with Gasteiger partial charge in [0, 0.05) is 31.6 Å². The van der Waals surface area contributed by atoms with Crippen LogP contribution in [0.3, 0.4) is 0 Å². The van der Waals surface area contributed by atoms with Crippen LogP contribution in [0, 0.1) is 11.8 Å². The SMILES string of the molecule is CC(C)C(CBr)CN1CCCOCC1. The van der Waals surface area contributed by atoms with E-state index in [0.717, 1.165) is 36.9 Å². The van der Waals surface area contributed by atoms with Crippen LogP contribution in [-0.4, -0.2) is 43.1 Å². The molecule has 84 valence electrons. The van der Waals surface area contributed by atoms with Crippen LogP contribution in [0.1, 0.15) is 20.3 Å². The first-order valence-corrected chi connectivity index (χ1v) is 6.72. The van der Waals surface area contributed by atoms with Crippen LogP contribution >= 0.6 is 15.9 Å². The number of alkyl halides is 1. The molecule has 1 atom stereocenters. The second-order valence-electron chi connectivity index (χ2n) is 4.42. The summed E-state index contributed by atoms with van der Waals surface area (Å²) < 4.78 is 5.45. The molecule has 0 radical (unpaired) electrons. The van der Waals surface area contributed by atoms with Gasteiger partial charge in [0.2, 0.25) is 0 Å². The highest BCUT2D eigenvalue weighted by molar-refractivity contribution is 9.09. The first kappa shape index (κ1) is 12.5. The third-order valence-electron chi connectivity index (χ3n) is 2.95. The Labute approximate surface area is 96.1 Å². The number of nitrogens with zero attached hydrogens (tertiary/aromatic N) is 1. The summed E-state index contributed by atoms with van der Waals surface area (Å²) in [5.74, 6) is 1.53. The maximum atomic E-state index is 5.45. The van der Waals surface area contributed by atoms with Crippen molar-refractivity contribution >= 4 is 15.9 Å². The van der Waals surface area contributed by atoms with Crippen molar-refractivity contribution in [2.45, 2.75) is 20.3 Å². The third kappa shape index (κ3) is 4.28. The van der Waals surface area contributed by atoms with Crippen molar-refractivity contribution in [3.05, 3.63) is 0 Å². The average Bonchev–Trinajstić information content (AvgIpc) is 2.41. The second-order valence-corrected chi connectivity index (χ2v) is 5.07. The largest absolute Gasteiger partial charge is 0.380 e. The summed E-state index contributed by atoms with van der Waals surface area (Å²) in [6.45, 7) is 9.99. The summed E-state index contributed by atoms with van der Waals surface area (Å²) in [6.07, 6.45) is 1.19. The van der Waals surface area contributed by atoms with E-state index in [1.54, 1.807) is 0 Å². The van der Waals surface area contributed by atoms with E-state index in [-0.39, 0.29) is 0 Å². The molecule has 0 spiro atoms. The van der Waals surface area contributed by atoms with Gasteiger partial charge in [-0.15, -0.1) is 0 Å². The van der Waals surface area contributed by atoms with E-state index in [9.17, 15) is 0 Å². The van der Waals surface area contributed by atoms with Gasteiger partial charge in [-0.2, -0.15) is 0 Å². The van der Waals surface area contributed by atoms with Crippen molar-refractivity contribution in [2.24, 2.45) is 11.8 Å². The van der Waals surface area contributed by atoms with E-state index in [4.69, 9.17) is 4.74 Å². The smallest absolute Gasteiger partial charge is 0.0593 e. The molecule has 0 amide bonds. The molecule has 1 unspecified atom stereocenters. The quantitative estimate of drug-likeness (QED) is 0.723. The summed E-state index contributed by atoms with van der Waals surface area (Å²) in [5.41, 5.74) is 0. The number of halogens is 1. The molecule has 2 nitrogen and oxygen atoms in total. The van der Waals surface area contributed by atoms with Crippen molar-refractivity contribution in [1.82, 2.24) is 4.90 Å². The van der Waals surface area contributed by atoms with Crippen molar-refractivity contribution < 1.29 is 4.74 Å². The lowest BCUT2D eigenvalue weighted by Crippen LogP contribution is -2.34. The first-order chi connectivity index (χ1) is 6.74. The summed E-state index contributed by atoms with van der Waals surface area (Å²) in [4.78, 5) is 2.54. The third-order valence-corrected chi connectivity index (χ3v) is 3.78. The average molecular weight is 264 g/mol. The van der Waals surface area contributed by atoms with E-state index in [1.807, 2.05) is 0 Å². The van der Waals surface area contributed by atoms with Crippen LogP contribution in [0.15, 0.2) is 0 Å². The monoisotopic (exact) mass is 263 g/mol. The molecular formula is C11H22BrNO.